The molecule has 2 fully saturated rings. The monoisotopic (exact) mass is 442 g/mol. The van der Waals surface area contributed by atoms with E-state index in [2.05, 4.69) is 27.2 Å². The first kappa shape index (κ1) is 20.7. The summed E-state index contributed by atoms with van der Waals surface area (Å²) in [6, 6.07) is 13.5. The summed E-state index contributed by atoms with van der Waals surface area (Å²) in [5.74, 6) is 0.0711. The molecule has 5 nitrogen and oxygen atoms in total. The summed E-state index contributed by atoms with van der Waals surface area (Å²) in [4.78, 5) is 18.7. The Morgan fingerprint density at radius 3 is 2.45 bits per heavy atom. The lowest BCUT2D eigenvalue weighted by molar-refractivity contribution is 0.0905. The van der Waals surface area contributed by atoms with Crippen molar-refractivity contribution in [3.05, 3.63) is 70.0 Å². The Morgan fingerprint density at radius 2 is 1.74 bits per heavy atom. The minimum atomic E-state index is -0.197. The van der Waals surface area contributed by atoms with E-state index in [1.165, 1.54) is 11.1 Å². The van der Waals surface area contributed by atoms with E-state index < -0.39 is 0 Å². The van der Waals surface area contributed by atoms with Crippen LogP contribution in [0, 0.1) is 5.82 Å². The second-order valence-electron chi connectivity index (χ2n) is 8.73. The summed E-state index contributed by atoms with van der Waals surface area (Å²) in [5.41, 5.74) is 3.78. The van der Waals surface area contributed by atoms with E-state index >= 15 is 0 Å². The molecule has 2 aromatic carbocycles. The van der Waals surface area contributed by atoms with Gasteiger partial charge in [0, 0.05) is 69.3 Å². The van der Waals surface area contributed by atoms with Crippen LogP contribution in [-0.2, 0) is 0 Å². The Morgan fingerprint density at radius 1 is 0.968 bits per heavy atom. The number of benzene rings is 2. The van der Waals surface area contributed by atoms with Crippen LogP contribution in [0.25, 0.3) is 0 Å². The predicted molar refractivity (Wildman–Crippen MR) is 120 cm³/mol. The van der Waals surface area contributed by atoms with Gasteiger partial charge in [-0.05, 0) is 47.4 Å². The average Bonchev–Trinajstić information content (AvgIpc) is 3.36. The summed E-state index contributed by atoms with van der Waals surface area (Å²) in [7, 11) is 0. The zero-order chi connectivity index (χ0) is 21.4. The van der Waals surface area contributed by atoms with Crippen LogP contribution in [0.1, 0.15) is 35.1 Å². The topological polar surface area (TPSA) is 38.8 Å². The Balaban J connectivity index is 1.26. The summed E-state index contributed by atoms with van der Waals surface area (Å²) in [6.45, 7) is 7.28. The lowest BCUT2D eigenvalue weighted by Gasteiger charge is -2.39. The van der Waals surface area contributed by atoms with Crippen molar-refractivity contribution >= 4 is 17.6 Å². The fourth-order valence-electron chi connectivity index (χ4n) is 5.27. The van der Waals surface area contributed by atoms with Gasteiger partial charge in [0.1, 0.15) is 5.82 Å². The van der Waals surface area contributed by atoms with E-state index in [4.69, 9.17) is 11.6 Å². The number of hydrogen-bond acceptors (Lipinski definition) is 3. The molecule has 5 rings (SSSR count). The molecule has 164 valence electrons. The third-order valence-electron chi connectivity index (χ3n) is 6.99. The third-order valence-corrected chi connectivity index (χ3v) is 7.23. The molecule has 2 aromatic rings. The number of nitrogens with zero attached hydrogens (tertiary/aromatic N) is 3. The maximum Gasteiger partial charge on any atom is 0.317 e. The van der Waals surface area contributed by atoms with E-state index in [9.17, 15) is 9.18 Å². The van der Waals surface area contributed by atoms with Crippen LogP contribution in [0.15, 0.2) is 42.5 Å². The van der Waals surface area contributed by atoms with E-state index in [1.807, 2.05) is 23.1 Å². The van der Waals surface area contributed by atoms with Crippen LogP contribution < -0.4 is 5.32 Å². The molecule has 1 N–H and O–H groups in total. The number of urea groups is 1. The molecule has 0 bridgehead atoms. The number of carbonyl (C=O) groups excluding carboxylic acids is 1. The molecule has 2 unspecified atom stereocenters. The summed E-state index contributed by atoms with van der Waals surface area (Å²) >= 11 is 6.37. The Kier molecular flexibility index (Phi) is 5.87. The van der Waals surface area contributed by atoms with Crippen molar-refractivity contribution in [1.29, 1.82) is 0 Å². The minimum Gasteiger partial charge on any atom is -0.336 e. The van der Waals surface area contributed by atoms with Crippen molar-refractivity contribution in [2.45, 2.75) is 18.4 Å². The largest absolute Gasteiger partial charge is 0.336 e. The standard InChI is InChI=1S/C24H28ClFN4O/c25-18-3-6-20-21(17-1-4-19(26)5-2-17)16-23(22(20)15-18)29-12-9-28(10-13-29)11-14-30-8-7-27-24(30)31/h1-6,15,21,23H,7-14,16H2,(H,27,31). The number of halogens is 2. The molecule has 2 saturated heterocycles. The zero-order valence-corrected chi connectivity index (χ0v) is 18.3. The molecule has 2 atom stereocenters. The second kappa shape index (κ2) is 8.77. The first-order chi connectivity index (χ1) is 15.1. The van der Waals surface area contributed by atoms with E-state index in [-0.39, 0.29) is 17.8 Å². The van der Waals surface area contributed by atoms with Gasteiger partial charge in [-0.15, -0.1) is 0 Å². The minimum absolute atomic E-state index is 0.0601. The number of nitrogens with one attached hydrogen (secondary N) is 1. The Labute approximate surface area is 187 Å². The van der Waals surface area contributed by atoms with Gasteiger partial charge in [0.25, 0.3) is 0 Å². The molecule has 2 amide bonds. The van der Waals surface area contributed by atoms with Crippen LogP contribution in [0.3, 0.4) is 0 Å². The maximum atomic E-state index is 13.5. The number of piperazine rings is 1. The third kappa shape index (κ3) is 4.29. The lowest BCUT2D eigenvalue weighted by atomic mass is 9.93. The normalized spacial score (nSPS) is 24.5. The molecular formula is C24H28ClFN4O. The lowest BCUT2D eigenvalue weighted by Crippen LogP contribution is -2.49. The highest BCUT2D eigenvalue weighted by Gasteiger charge is 2.36. The molecule has 3 aliphatic rings. The van der Waals surface area contributed by atoms with Crippen molar-refractivity contribution in [3.63, 3.8) is 0 Å². The summed E-state index contributed by atoms with van der Waals surface area (Å²) in [6.07, 6.45) is 0.995. The highest BCUT2D eigenvalue weighted by molar-refractivity contribution is 6.30. The molecule has 2 heterocycles. The van der Waals surface area contributed by atoms with Crippen molar-refractivity contribution in [2.75, 3.05) is 52.4 Å². The summed E-state index contributed by atoms with van der Waals surface area (Å²) < 4.78 is 13.5. The van der Waals surface area contributed by atoms with Crippen LogP contribution in [0.5, 0.6) is 0 Å². The fourth-order valence-corrected chi connectivity index (χ4v) is 5.45. The van der Waals surface area contributed by atoms with Crippen molar-refractivity contribution < 1.29 is 9.18 Å². The average molecular weight is 443 g/mol. The van der Waals surface area contributed by atoms with Gasteiger partial charge in [-0.25, -0.2) is 9.18 Å². The number of carbonyl (C=O) groups is 1. The molecule has 7 heteroatoms. The van der Waals surface area contributed by atoms with Gasteiger partial charge in [-0.2, -0.15) is 0 Å². The van der Waals surface area contributed by atoms with Gasteiger partial charge in [-0.3, -0.25) is 9.80 Å². The van der Waals surface area contributed by atoms with Gasteiger partial charge < -0.3 is 10.2 Å². The second-order valence-corrected chi connectivity index (χ2v) is 9.16. The van der Waals surface area contributed by atoms with E-state index in [1.54, 1.807) is 12.1 Å². The molecule has 0 aromatic heterocycles. The predicted octanol–water partition coefficient (Wildman–Crippen LogP) is 3.70. The number of rotatable bonds is 5. The molecule has 0 radical (unpaired) electrons. The highest BCUT2D eigenvalue weighted by atomic mass is 35.5. The molecular weight excluding hydrogens is 415 g/mol. The van der Waals surface area contributed by atoms with Crippen molar-refractivity contribution in [1.82, 2.24) is 20.0 Å². The quantitative estimate of drug-likeness (QED) is 0.767. The summed E-state index contributed by atoms with van der Waals surface area (Å²) in [5, 5.41) is 3.63. The van der Waals surface area contributed by atoms with Gasteiger partial charge in [0.15, 0.2) is 0 Å². The fraction of sp³-hybridized carbons (Fsp3) is 0.458. The first-order valence-corrected chi connectivity index (χ1v) is 11.5. The number of hydrogen-bond donors (Lipinski definition) is 1. The van der Waals surface area contributed by atoms with Crippen LogP contribution in [0.2, 0.25) is 5.02 Å². The van der Waals surface area contributed by atoms with Gasteiger partial charge in [0.2, 0.25) is 0 Å². The van der Waals surface area contributed by atoms with Crippen LogP contribution >= 0.6 is 11.6 Å². The smallest absolute Gasteiger partial charge is 0.317 e. The van der Waals surface area contributed by atoms with Crippen molar-refractivity contribution in [2.24, 2.45) is 0 Å². The van der Waals surface area contributed by atoms with Gasteiger partial charge >= 0.3 is 6.03 Å². The maximum absolute atomic E-state index is 13.5. The molecule has 2 aliphatic heterocycles. The highest BCUT2D eigenvalue weighted by Crippen LogP contribution is 2.47. The van der Waals surface area contributed by atoms with Crippen LogP contribution in [0.4, 0.5) is 9.18 Å². The van der Waals surface area contributed by atoms with Gasteiger partial charge in [0.05, 0.1) is 0 Å². The molecule has 31 heavy (non-hydrogen) atoms. The van der Waals surface area contributed by atoms with E-state index in [0.717, 1.165) is 69.4 Å². The zero-order valence-electron chi connectivity index (χ0n) is 17.6. The first-order valence-electron chi connectivity index (χ1n) is 11.1. The SMILES string of the molecule is O=C1NCCN1CCN1CCN(C2CC(c3ccc(F)cc3)c3ccc(Cl)cc32)CC1. The van der Waals surface area contributed by atoms with E-state index in [0.29, 0.717) is 6.04 Å². The van der Waals surface area contributed by atoms with Crippen molar-refractivity contribution in [3.8, 4) is 0 Å². The molecule has 0 saturated carbocycles. The number of amides is 2. The molecule has 1 aliphatic carbocycles. The molecule has 0 spiro atoms. The Hall–Kier alpha value is -2.15. The van der Waals surface area contributed by atoms with Gasteiger partial charge in [-0.1, -0.05) is 29.8 Å². The van der Waals surface area contributed by atoms with Crippen LogP contribution in [-0.4, -0.2) is 73.1 Å². The number of fused-ring (bicyclic) bond motifs is 1. The Bertz CT molecular complexity index is 945.